The molecule has 0 bridgehead atoms. The molecule has 1 rings (SSSR count). The zero-order valence-corrected chi connectivity index (χ0v) is 10.9. The van der Waals surface area contributed by atoms with Gasteiger partial charge in [-0.2, -0.15) is 0 Å². The van der Waals surface area contributed by atoms with Gasteiger partial charge in [-0.25, -0.2) is 0 Å². The number of carbonyl (C=O) groups excluding carboxylic acids is 1. The number of hydrogen-bond donors (Lipinski definition) is 3. The predicted octanol–water partition coefficient (Wildman–Crippen LogP) is 1.03. The van der Waals surface area contributed by atoms with Crippen molar-refractivity contribution >= 4 is 5.91 Å². The number of aliphatic hydroxyl groups excluding tert-OH is 1. The molecule has 4 nitrogen and oxygen atoms in total. The Hall–Kier alpha value is -0.610. The van der Waals surface area contributed by atoms with Gasteiger partial charge in [-0.05, 0) is 43.6 Å². The summed E-state index contributed by atoms with van der Waals surface area (Å²) >= 11 is 0. The summed E-state index contributed by atoms with van der Waals surface area (Å²) in [6.07, 6.45) is 5.87. The van der Waals surface area contributed by atoms with Crippen molar-refractivity contribution in [1.82, 2.24) is 5.32 Å². The van der Waals surface area contributed by atoms with E-state index in [0.717, 1.165) is 25.7 Å². The fraction of sp³-hybridized carbons (Fsp3) is 0.923. The maximum atomic E-state index is 11.7. The van der Waals surface area contributed by atoms with E-state index in [2.05, 4.69) is 5.32 Å². The summed E-state index contributed by atoms with van der Waals surface area (Å²) in [5.41, 5.74) is 5.82. The molecule has 4 heteroatoms. The summed E-state index contributed by atoms with van der Waals surface area (Å²) in [4.78, 5) is 11.7. The number of nitrogens with one attached hydrogen (secondary N) is 1. The summed E-state index contributed by atoms with van der Waals surface area (Å²) in [5, 5.41) is 11.8. The second kappa shape index (κ2) is 6.97. The lowest BCUT2D eigenvalue weighted by Gasteiger charge is -2.40. The van der Waals surface area contributed by atoms with Gasteiger partial charge in [0.05, 0.1) is 0 Å². The normalized spacial score (nSPS) is 19.5. The van der Waals surface area contributed by atoms with Crippen molar-refractivity contribution < 1.29 is 9.90 Å². The minimum Gasteiger partial charge on any atom is -0.396 e. The maximum Gasteiger partial charge on any atom is 0.220 e. The Morgan fingerprint density at radius 1 is 1.53 bits per heavy atom. The molecule has 0 saturated heterocycles. The van der Waals surface area contributed by atoms with Crippen molar-refractivity contribution in [3.63, 3.8) is 0 Å². The van der Waals surface area contributed by atoms with E-state index < -0.39 is 0 Å². The largest absolute Gasteiger partial charge is 0.396 e. The zero-order valence-electron chi connectivity index (χ0n) is 10.9. The molecule has 0 aromatic carbocycles. The van der Waals surface area contributed by atoms with Crippen molar-refractivity contribution in [2.24, 2.45) is 17.1 Å². The lowest BCUT2D eigenvalue weighted by Crippen LogP contribution is -2.42. The molecule has 4 N–H and O–H groups in total. The summed E-state index contributed by atoms with van der Waals surface area (Å²) in [5.74, 6) is 0.459. The van der Waals surface area contributed by atoms with E-state index in [9.17, 15) is 4.79 Å². The van der Waals surface area contributed by atoms with E-state index in [1.165, 1.54) is 6.42 Å². The van der Waals surface area contributed by atoms with Gasteiger partial charge < -0.3 is 16.2 Å². The van der Waals surface area contributed by atoms with E-state index in [0.29, 0.717) is 25.4 Å². The molecular weight excluding hydrogens is 216 g/mol. The van der Waals surface area contributed by atoms with E-state index >= 15 is 0 Å². The van der Waals surface area contributed by atoms with Crippen LogP contribution in [0.3, 0.4) is 0 Å². The molecule has 1 unspecified atom stereocenters. The number of aliphatic hydroxyl groups is 1. The number of hydrogen-bond acceptors (Lipinski definition) is 3. The molecule has 1 aliphatic rings. The summed E-state index contributed by atoms with van der Waals surface area (Å²) < 4.78 is 0. The van der Waals surface area contributed by atoms with Gasteiger partial charge in [-0.3, -0.25) is 4.79 Å². The van der Waals surface area contributed by atoms with Gasteiger partial charge in [0.2, 0.25) is 5.91 Å². The Bertz CT molecular complexity index is 234. The number of nitrogens with two attached hydrogens (primary N) is 1. The summed E-state index contributed by atoms with van der Waals surface area (Å²) in [6.45, 7) is 3.58. The highest BCUT2D eigenvalue weighted by Crippen LogP contribution is 2.42. The fourth-order valence-electron chi connectivity index (χ4n) is 2.30. The van der Waals surface area contributed by atoms with Crippen molar-refractivity contribution in [3.05, 3.63) is 0 Å². The number of rotatable bonds is 8. The van der Waals surface area contributed by atoms with Gasteiger partial charge in [-0.15, -0.1) is 0 Å². The molecule has 1 atom stereocenters. The van der Waals surface area contributed by atoms with Crippen LogP contribution in [0.4, 0.5) is 0 Å². The van der Waals surface area contributed by atoms with Gasteiger partial charge in [0, 0.05) is 19.6 Å². The van der Waals surface area contributed by atoms with Crippen molar-refractivity contribution in [2.75, 3.05) is 19.7 Å². The van der Waals surface area contributed by atoms with E-state index in [1.54, 1.807) is 0 Å². The highest BCUT2D eigenvalue weighted by Gasteiger charge is 2.37. The predicted molar refractivity (Wildman–Crippen MR) is 68.4 cm³/mol. The van der Waals surface area contributed by atoms with Crippen LogP contribution in [0.2, 0.25) is 0 Å². The first kappa shape index (κ1) is 14.5. The van der Waals surface area contributed by atoms with Gasteiger partial charge in [0.1, 0.15) is 0 Å². The summed E-state index contributed by atoms with van der Waals surface area (Å²) in [7, 11) is 0. The summed E-state index contributed by atoms with van der Waals surface area (Å²) in [6, 6.07) is 0. The second-order valence-electron chi connectivity index (χ2n) is 5.51. The maximum absolute atomic E-state index is 11.7. The molecule has 1 saturated carbocycles. The average molecular weight is 242 g/mol. The number of carbonyl (C=O) groups is 1. The fourth-order valence-corrected chi connectivity index (χ4v) is 2.30. The highest BCUT2D eigenvalue weighted by atomic mass is 16.3. The van der Waals surface area contributed by atoms with Crippen LogP contribution in [0, 0.1) is 11.3 Å². The molecule has 0 radical (unpaired) electrons. The molecule has 0 aromatic heterocycles. The molecule has 1 amide bonds. The Morgan fingerprint density at radius 2 is 2.24 bits per heavy atom. The van der Waals surface area contributed by atoms with Gasteiger partial charge in [0.25, 0.3) is 0 Å². The van der Waals surface area contributed by atoms with Crippen LogP contribution in [0.25, 0.3) is 0 Å². The molecule has 0 aliphatic heterocycles. The quantitative estimate of drug-likeness (QED) is 0.556. The van der Waals surface area contributed by atoms with E-state index in [-0.39, 0.29) is 17.9 Å². The molecule has 0 spiro atoms. The molecule has 1 aliphatic carbocycles. The van der Waals surface area contributed by atoms with E-state index in [1.807, 2.05) is 6.92 Å². The third kappa shape index (κ3) is 4.64. The van der Waals surface area contributed by atoms with Gasteiger partial charge in [0.15, 0.2) is 0 Å². The van der Waals surface area contributed by atoms with Gasteiger partial charge in [-0.1, -0.05) is 13.3 Å². The molecule has 1 fully saturated rings. The third-order valence-electron chi connectivity index (χ3n) is 3.89. The SMILES string of the molecule is CC(CO)CCCNC(=O)CC1(CN)CCC1. The smallest absolute Gasteiger partial charge is 0.220 e. The highest BCUT2D eigenvalue weighted by molar-refractivity contribution is 5.76. The second-order valence-corrected chi connectivity index (χ2v) is 5.51. The van der Waals surface area contributed by atoms with Crippen molar-refractivity contribution in [1.29, 1.82) is 0 Å². The van der Waals surface area contributed by atoms with Crippen LogP contribution >= 0.6 is 0 Å². The lowest BCUT2D eigenvalue weighted by atomic mass is 9.66. The Morgan fingerprint density at radius 3 is 2.71 bits per heavy atom. The van der Waals surface area contributed by atoms with Crippen LogP contribution < -0.4 is 11.1 Å². The first-order valence-electron chi connectivity index (χ1n) is 6.69. The van der Waals surface area contributed by atoms with Crippen LogP contribution in [-0.4, -0.2) is 30.7 Å². The molecule has 0 heterocycles. The van der Waals surface area contributed by atoms with Crippen molar-refractivity contribution in [2.45, 2.75) is 45.4 Å². The van der Waals surface area contributed by atoms with Crippen molar-refractivity contribution in [3.8, 4) is 0 Å². The minimum atomic E-state index is 0.0997. The Balaban J connectivity index is 2.09. The minimum absolute atomic E-state index is 0.0997. The first-order valence-corrected chi connectivity index (χ1v) is 6.69. The Labute approximate surface area is 104 Å². The zero-order chi connectivity index (χ0) is 12.7. The van der Waals surface area contributed by atoms with Gasteiger partial charge >= 0.3 is 0 Å². The standard InChI is InChI=1S/C13H26N2O2/c1-11(9-16)4-2-7-15-12(17)8-13(10-14)5-3-6-13/h11,16H,2-10,14H2,1H3,(H,15,17). The Kier molecular flexibility index (Phi) is 5.92. The average Bonchev–Trinajstić information content (AvgIpc) is 2.29. The number of amides is 1. The topological polar surface area (TPSA) is 75.3 Å². The molecular formula is C13H26N2O2. The van der Waals surface area contributed by atoms with Crippen LogP contribution in [0.1, 0.15) is 45.4 Å². The lowest BCUT2D eigenvalue weighted by molar-refractivity contribution is -0.124. The molecule has 0 aromatic rings. The van der Waals surface area contributed by atoms with Crippen LogP contribution in [0.15, 0.2) is 0 Å². The molecule has 100 valence electrons. The third-order valence-corrected chi connectivity index (χ3v) is 3.89. The van der Waals surface area contributed by atoms with Crippen LogP contribution in [-0.2, 0) is 4.79 Å². The van der Waals surface area contributed by atoms with E-state index in [4.69, 9.17) is 10.8 Å². The monoisotopic (exact) mass is 242 g/mol. The van der Waals surface area contributed by atoms with Crippen LogP contribution in [0.5, 0.6) is 0 Å². The molecule has 17 heavy (non-hydrogen) atoms. The first-order chi connectivity index (χ1) is 8.12.